The second-order valence-corrected chi connectivity index (χ2v) is 5.88. The van der Waals surface area contributed by atoms with Gasteiger partial charge in [-0.3, -0.25) is 10.1 Å². The van der Waals surface area contributed by atoms with Crippen molar-refractivity contribution in [2.45, 2.75) is 25.2 Å². The highest BCUT2D eigenvalue weighted by molar-refractivity contribution is 7.71. The largest absolute Gasteiger partial charge is 0.267 e. The highest BCUT2D eigenvalue weighted by atomic mass is 32.1. The number of aromatic amines is 1. The third kappa shape index (κ3) is 2.07. The average Bonchev–Trinajstić information content (AvgIpc) is 2.55. The van der Waals surface area contributed by atoms with Gasteiger partial charge in [-0.25, -0.2) is 0 Å². The van der Waals surface area contributed by atoms with Crippen molar-refractivity contribution >= 4 is 23.0 Å². The molecule has 0 spiro atoms. The van der Waals surface area contributed by atoms with Crippen LogP contribution < -0.4 is 0 Å². The molecular formula is C17H15N3S. The molecule has 2 aromatic heterocycles. The molecule has 2 heterocycles. The summed E-state index contributed by atoms with van der Waals surface area (Å²) in [6, 6.07) is 12.4. The molecule has 1 N–H and O–H groups in total. The first-order chi connectivity index (χ1) is 10.3. The number of rotatable bonds is 1. The summed E-state index contributed by atoms with van der Waals surface area (Å²) in [7, 11) is 0. The van der Waals surface area contributed by atoms with Crippen molar-refractivity contribution in [3.05, 3.63) is 64.2 Å². The predicted molar refractivity (Wildman–Crippen MR) is 85.9 cm³/mol. The van der Waals surface area contributed by atoms with Crippen LogP contribution in [0.15, 0.2) is 42.6 Å². The molecule has 3 nitrogen and oxygen atoms in total. The topological polar surface area (TPSA) is 41.6 Å². The third-order valence-corrected chi connectivity index (χ3v) is 4.56. The Kier molecular flexibility index (Phi) is 3.04. The summed E-state index contributed by atoms with van der Waals surface area (Å²) in [4.78, 5) is 4.63. The third-order valence-electron chi connectivity index (χ3n) is 4.25. The molecule has 0 amide bonds. The monoisotopic (exact) mass is 293 g/mol. The maximum atomic E-state index is 5.36. The molecule has 0 bridgehead atoms. The quantitative estimate of drug-likeness (QED) is 0.685. The molecule has 4 rings (SSSR count). The number of aromatic nitrogens is 3. The van der Waals surface area contributed by atoms with Gasteiger partial charge in [-0.2, -0.15) is 5.10 Å². The van der Waals surface area contributed by atoms with E-state index in [9.17, 15) is 0 Å². The van der Waals surface area contributed by atoms with Crippen LogP contribution in [0.5, 0.6) is 0 Å². The molecule has 1 aliphatic rings. The molecule has 0 saturated heterocycles. The fourth-order valence-electron chi connectivity index (χ4n) is 3.28. The minimum absolute atomic E-state index is 0.256. The van der Waals surface area contributed by atoms with Crippen molar-refractivity contribution in [1.82, 2.24) is 15.2 Å². The summed E-state index contributed by atoms with van der Waals surface area (Å²) < 4.78 is 0.700. The first-order valence-electron chi connectivity index (χ1n) is 7.25. The van der Waals surface area contributed by atoms with Crippen molar-refractivity contribution in [1.29, 1.82) is 0 Å². The van der Waals surface area contributed by atoms with Crippen LogP contribution >= 0.6 is 12.2 Å². The number of nitrogens with one attached hydrogen (secondary N) is 1. The molecule has 0 radical (unpaired) electrons. The first-order valence-corrected chi connectivity index (χ1v) is 7.66. The Bertz CT molecular complexity index is 869. The SMILES string of the molecule is S=c1[nH]nc(C2CCCc3cccnc32)c2ccccc12. The first kappa shape index (κ1) is 12.7. The van der Waals surface area contributed by atoms with E-state index in [1.54, 1.807) is 0 Å². The van der Waals surface area contributed by atoms with Crippen LogP contribution in [-0.4, -0.2) is 15.2 Å². The van der Waals surface area contributed by atoms with Gasteiger partial charge in [-0.1, -0.05) is 42.5 Å². The Morgan fingerprint density at radius 1 is 1.05 bits per heavy atom. The van der Waals surface area contributed by atoms with E-state index in [2.05, 4.69) is 33.4 Å². The Hall–Kier alpha value is -2.07. The lowest BCUT2D eigenvalue weighted by atomic mass is 9.83. The van der Waals surface area contributed by atoms with Crippen LogP contribution in [0.4, 0.5) is 0 Å². The van der Waals surface area contributed by atoms with E-state index < -0.39 is 0 Å². The highest BCUT2D eigenvalue weighted by Crippen LogP contribution is 2.36. The van der Waals surface area contributed by atoms with Crippen LogP contribution in [0, 0.1) is 4.64 Å². The Morgan fingerprint density at radius 2 is 1.90 bits per heavy atom. The minimum Gasteiger partial charge on any atom is -0.267 e. The maximum Gasteiger partial charge on any atom is 0.127 e. The number of H-pyrrole nitrogens is 1. The zero-order chi connectivity index (χ0) is 14.2. The van der Waals surface area contributed by atoms with Gasteiger partial charge in [0.15, 0.2) is 0 Å². The van der Waals surface area contributed by atoms with Crippen LogP contribution in [0.1, 0.15) is 35.7 Å². The van der Waals surface area contributed by atoms with Crippen LogP contribution in [0.3, 0.4) is 0 Å². The van der Waals surface area contributed by atoms with Gasteiger partial charge in [0.1, 0.15) is 4.64 Å². The Morgan fingerprint density at radius 3 is 2.81 bits per heavy atom. The van der Waals surface area contributed by atoms with E-state index in [1.807, 2.05) is 24.4 Å². The van der Waals surface area contributed by atoms with Crippen molar-refractivity contribution < 1.29 is 0 Å². The predicted octanol–water partition coefficient (Wildman–Crippen LogP) is 4.16. The normalized spacial score (nSPS) is 17.6. The molecule has 0 saturated carbocycles. The molecule has 3 aromatic rings. The molecule has 1 aromatic carbocycles. The summed E-state index contributed by atoms with van der Waals surface area (Å²) in [6.45, 7) is 0. The number of aryl methyl sites for hydroxylation is 1. The Labute approximate surface area is 128 Å². The molecule has 1 aliphatic carbocycles. The zero-order valence-corrected chi connectivity index (χ0v) is 12.4. The van der Waals surface area contributed by atoms with Crippen LogP contribution in [0.25, 0.3) is 10.8 Å². The van der Waals surface area contributed by atoms with E-state index >= 15 is 0 Å². The molecule has 0 aliphatic heterocycles. The summed E-state index contributed by atoms with van der Waals surface area (Å²) in [6.07, 6.45) is 5.26. The van der Waals surface area contributed by atoms with Crippen LogP contribution in [0.2, 0.25) is 0 Å². The summed E-state index contributed by atoms with van der Waals surface area (Å²) in [5.74, 6) is 0.256. The van der Waals surface area contributed by atoms with Gasteiger partial charge in [0, 0.05) is 22.9 Å². The maximum absolute atomic E-state index is 5.36. The number of hydrogen-bond donors (Lipinski definition) is 1. The van der Waals surface area contributed by atoms with E-state index in [0.29, 0.717) is 4.64 Å². The molecular weight excluding hydrogens is 278 g/mol. The number of pyridine rings is 1. The standard InChI is InChI=1S/C17H15N3S/c21-17-13-8-2-1-7-12(13)16(19-20-17)14-9-3-5-11-6-4-10-18-15(11)14/h1-2,4,6-8,10,14H,3,5,9H2,(H,20,21). The highest BCUT2D eigenvalue weighted by Gasteiger charge is 2.25. The van der Waals surface area contributed by atoms with Gasteiger partial charge in [-0.05, 0) is 30.9 Å². The van der Waals surface area contributed by atoms with Gasteiger partial charge >= 0.3 is 0 Å². The van der Waals surface area contributed by atoms with Crippen LogP contribution in [-0.2, 0) is 6.42 Å². The number of benzene rings is 1. The van der Waals surface area contributed by atoms with Gasteiger partial charge < -0.3 is 0 Å². The minimum atomic E-state index is 0.256. The summed E-state index contributed by atoms with van der Waals surface area (Å²) in [5.41, 5.74) is 3.59. The zero-order valence-electron chi connectivity index (χ0n) is 11.5. The van der Waals surface area contributed by atoms with Crippen molar-refractivity contribution in [3.63, 3.8) is 0 Å². The Balaban J connectivity index is 1.97. The van der Waals surface area contributed by atoms with Crippen molar-refractivity contribution in [2.75, 3.05) is 0 Å². The average molecular weight is 293 g/mol. The van der Waals surface area contributed by atoms with E-state index in [1.165, 1.54) is 17.7 Å². The fraction of sp³-hybridized carbons (Fsp3) is 0.235. The molecule has 21 heavy (non-hydrogen) atoms. The summed E-state index contributed by atoms with van der Waals surface area (Å²) in [5, 5.41) is 9.78. The van der Waals surface area contributed by atoms with Crippen molar-refractivity contribution in [2.24, 2.45) is 0 Å². The number of fused-ring (bicyclic) bond motifs is 2. The number of hydrogen-bond acceptors (Lipinski definition) is 3. The second-order valence-electron chi connectivity index (χ2n) is 5.48. The number of nitrogens with zero attached hydrogens (tertiary/aromatic N) is 2. The molecule has 4 heteroatoms. The fourth-order valence-corrected chi connectivity index (χ4v) is 3.50. The lowest BCUT2D eigenvalue weighted by Crippen LogP contribution is -2.15. The van der Waals surface area contributed by atoms with E-state index in [-0.39, 0.29) is 5.92 Å². The molecule has 0 fully saturated rings. The van der Waals surface area contributed by atoms with E-state index in [0.717, 1.165) is 29.3 Å². The van der Waals surface area contributed by atoms with Crippen molar-refractivity contribution in [3.8, 4) is 0 Å². The second kappa shape index (κ2) is 5.04. The molecule has 1 unspecified atom stereocenters. The van der Waals surface area contributed by atoms with Gasteiger partial charge in [-0.15, -0.1) is 0 Å². The lowest BCUT2D eigenvalue weighted by Gasteiger charge is -2.24. The van der Waals surface area contributed by atoms with Gasteiger partial charge in [0.05, 0.1) is 11.4 Å². The molecule has 104 valence electrons. The smallest absolute Gasteiger partial charge is 0.127 e. The van der Waals surface area contributed by atoms with E-state index in [4.69, 9.17) is 12.2 Å². The molecule has 1 atom stereocenters. The van der Waals surface area contributed by atoms with Gasteiger partial charge in [0.2, 0.25) is 0 Å². The lowest BCUT2D eigenvalue weighted by molar-refractivity contribution is 0.585. The summed E-state index contributed by atoms with van der Waals surface area (Å²) >= 11 is 5.36. The van der Waals surface area contributed by atoms with Gasteiger partial charge in [0.25, 0.3) is 0 Å².